The fraction of sp³-hybridized carbons (Fsp3) is 0.600. The van der Waals surface area contributed by atoms with Crippen LogP contribution in [0.5, 0.6) is 5.75 Å². The van der Waals surface area contributed by atoms with Gasteiger partial charge in [0.05, 0.1) is 0 Å². The normalized spacial score (nSPS) is 18.1. The van der Waals surface area contributed by atoms with Crippen molar-refractivity contribution in [2.45, 2.75) is 38.8 Å². The van der Waals surface area contributed by atoms with Crippen molar-refractivity contribution in [2.75, 3.05) is 13.2 Å². The van der Waals surface area contributed by atoms with Crippen LogP contribution in [0.2, 0.25) is 5.02 Å². The highest BCUT2D eigenvalue weighted by Gasteiger charge is 2.27. The van der Waals surface area contributed by atoms with Gasteiger partial charge in [0.1, 0.15) is 18.5 Å². The Morgan fingerprint density at radius 3 is 2.84 bits per heavy atom. The molecule has 2 N–H and O–H groups in total. The number of aliphatic hydroxyl groups is 1. The minimum absolute atomic E-state index is 0.297. The van der Waals surface area contributed by atoms with Crippen LogP contribution in [0.4, 0.5) is 0 Å². The molecule has 0 spiro atoms. The van der Waals surface area contributed by atoms with Crippen LogP contribution in [0.25, 0.3) is 0 Å². The van der Waals surface area contributed by atoms with E-state index in [1.54, 1.807) is 0 Å². The Hall–Kier alpha value is -0.770. The molecule has 3 nitrogen and oxygen atoms in total. The lowest BCUT2D eigenvalue weighted by Crippen LogP contribution is -2.37. The molecule has 0 heterocycles. The van der Waals surface area contributed by atoms with Gasteiger partial charge < -0.3 is 15.2 Å². The molecule has 0 amide bonds. The molecule has 0 radical (unpaired) electrons. The fourth-order valence-electron chi connectivity index (χ4n) is 2.04. The zero-order chi connectivity index (χ0) is 13.8. The molecule has 0 aliphatic heterocycles. The second kappa shape index (κ2) is 6.60. The van der Waals surface area contributed by atoms with Gasteiger partial charge in [-0.3, -0.25) is 0 Å². The van der Waals surface area contributed by atoms with Gasteiger partial charge >= 0.3 is 0 Å². The predicted molar refractivity (Wildman–Crippen MR) is 77.9 cm³/mol. The minimum atomic E-state index is -0.489. The van der Waals surface area contributed by atoms with Gasteiger partial charge in [0, 0.05) is 17.6 Å². The molecule has 1 aromatic rings. The Morgan fingerprint density at radius 2 is 2.21 bits per heavy atom. The highest BCUT2D eigenvalue weighted by atomic mass is 35.5. The summed E-state index contributed by atoms with van der Waals surface area (Å²) in [7, 11) is 0. The molecule has 1 aliphatic carbocycles. The number of benzene rings is 1. The summed E-state index contributed by atoms with van der Waals surface area (Å²) >= 11 is 5.95. The molecule has 2 unspecified atom stereocenters. The van der Waals surface area contributed by atoms with E-state index >= 15 is 0 Å². The van der Waals surface area contributed by atoms with Gasteiger partial charge in [-0.2, -0.15) is 0 Å². The van der Waals surface area contributed by atoms with Crippen molar-refractivity contribution in [2.24, 2.45) is 5.92 Å². The number of hydrogen-bond donors (Lipinski definition) is 2. The van der Waals surface area contributed by atoms with Gasteiger partial charge in [0.2, 0.25) is 0 Å². The first kappa shape index (κ1) is 14.6. The van der Waals surface area contributed by atoms with Crippen molar-refractivity contribution in [1.29, 1.82) is 0 Å². The monoisotopic (exact) mass is 283 g/mol. The van der Waals surface area contributed by atoms with Crippen molar-refractivity contribution in [3.63, 3.8) is 0 Å². The standard InChI is InChI=1S/C15H22ClNO2/c1-10-7-14(5-6-15(10)16)19-9-13(18)8-17-11(2)12-3-4-12/h5-7,11-13,17-18H,3-4,8-9H2,1-2H3. The van der Waals surface area contributed by atoms with Crippen LogP contribution in [-0.4, -0.2) is 30.4 Å². The molecule has 106 valence electrons. The molecule has 1 fully saturated rings. The lowest BCUT2D eigenvalue weighted by molar-refractivity contribution is 0.103. The van der Waals surface area contributed by atoms with Crippen LogP contribution in [-0.2, 0) is 0 Å². The van der Waals surface area contributed by atoms with E-state index in [4.69, 9.17) is 16.3 Å². The summed E-state index contributed by atoms with van der Waals surface area (Å²) in [6, 6.07) is 6.01. The van der Waals surface area contributed by atoms with Crippen molar-refractivity contribution in [3.05, 3.63) is 28.8 Å². The van der Waals surface area contributed by atoms with E-state index in [1.165, 1.54) is 12.8 Å². The molecule has 19 heavy (non-hydrogen) atoms. The number of hydrogen-bond acceptors (Lipinski definition) is 3. The van der Waals surface area contributed by atoms with E-state index < -0.39 is 6.10 Å². The zero-order valence-electron chi connectivity index (χ0n) is 11.5. The van der Waals surface area contributed by atoms with Gasteiger partial charge in [0.15, 0.2) is 0 Å². The maximum absolute atomic E-state index is 9.87. The predicted octanol–water partition coefficient (Wildman–Crippen LogP) is 2.78. The van der Waals surface area contributed by atoms with Crippen LogP contribution in [0.3, 0.4) is 0 Å². The minimum Gasteiger partial charge on any atom is -0.491 e. The van der Waals surface area contributed by atoms with Crippen LogP contribution in [0, 0.1) is 12.8 Å². The van der Waals surface area contributed by atoms with Crippen molar-refractivity contribution < 1.29 is 9.84 Å². The molecule has 4 heteroatoms. The molecule has 2 atom stereocenters. The third-order valence-corrected chi connectivity index (χ3v) is 4.00. The van der Waals surface area contributed by atoms with Gasteiger partial charge in [-0.15, -0.1) is 0 Å². The Balaban J connectivity index is 1.70. The largest absolute Gasteiger partial charge is 0.491 e. The van der Waals surface area contributed by atoms with Crippen LogP contribution in [0.15, 0.2) is 18.2 Å². The summed E-state index contributed by atoms with van der Waals surface area (Å²) < 4.78 is 5.56. The topological polar surface area (TPSA) is 41.5 Å². The maximum Gasteiger partial charge on any atom is 0.119 e. The summed E-state index contributed by atoms with van der Waals surface area (Å²) in [5.74, 6) is 1.54. The first-order valence-corrected chi connectivity index (χ1v) is 7.24. The quantitative estimate of drug-likeness (QED) is 0.808. The summed E-state index contributed by atoms with van der Waals surface area (Å²) in [5.41, 5.74) is 0.981. The molecule has 0 aromatic heterocycles. The Labute approximate surface area is 119 Å². The molecular formula is C15H22ClNO2. The van der Waals surface area contributed by atoms with E-state index in [0.29, 0.717) is 19.2 Å². The fourth-order valence-corrected chi connectivity index (χ4v) is 2.16. The SMILES string of the molecule is Cc1cc(OCC(O)CNC(C)C2CC2)ccc1Cl. The second-order valence-corrected chi connectivity index (χ2v) is 5.82. The molecule has 0 saturated heterocycles. The highest BCUT2D eigenvalue weighted by Crippen LogP contribution is 2.32. The Morgan fingerprint density at radius 1 is 1.47 bits per heavy atom. The van der Waals surface area contributed by atoms with Gasteiger partial charge in [-0.05, 0) is 56.4 Å². The smallest absolute Gasteiger partial charge is 0.119 e. The van der Waals surface area contributed by atoms with E-state index in [-0.39, 0.29) is 0 Å². The molecule has 2 rings (SSSR count). The Kier molecular flexibility index (Phi) is 5.08. The lowest BCUT2D eigenvalue weighted by atomic mass is 10.2. The highest BCUT2D eigenvalue weighted by molar-refractivity contribution is 6.31. The average molecular weight is 284 g/mol. The average Bonchev–Trinajstić information content (AvgIpc) is 3.21. The van der Waals surface area contributed by atoms with E-state index in [1.807, 2.05) is 25.1 Å². The van der Waals surface area contributed by atoms with Gasteiger partial charge in [0.25, 0.3) is 0 Å². The lowest BCUT2D eigenvalue weighted by Gasteiger charge is -2.17. The van der Waals surface area contributed by atoms with Gasteiger partial charge in [-0.1, -0.05) is 11.6 Å². The molecular weight excluding hydrogens is 262 g/mol. The molecule has 1 aliphatic rings. The van der Waals surface area contributed by atoms with E-state index in [9.17, 15) is 5.11 Å². The maximum atomic E-state index is 9.87. The Bertz CT molecular complexity index is 421. The van der Waals surface area contributed by atoms with Crippen LogP contribution < -0.4 is 10.1 Å². The first-order valence-electron chi connectivity index (χ1n) is 6.86. The summed E-state index contributed by atoms with van der Waals surface area (Å²) in [6.07, 6.45) is 2.13. The number of ether oxygens (including phenoxy) is 1. The second-order valence-electron chi connectivity index (χ2n) is 5.41. The van der Waals surface area contributed by atoms with Crippen molar-refractivity contribution in [1.82, 2.24) is 5.32 Å². The molecule has 1 aromatic carbocycles. The van der Waals surface area contributed by atoms with Crippen LogP contribution in [0.1, 0.15) is 25.3 Å². The third-order valence-electron chi connectivity index (χ3n) is 3.58. The summed E-state index contributed by atoms with van der Waals surface area (Å²) in [5, 5.41) is 14.0. The number of aliphatic hydroxyl groups excluding tert-OH is 1. The number of rotatable bonds is 7. The molecule has 1 saturated carbocycles. The van der Waals surface area contributed by atoms with E-state index in [2.05, 4.69) is 12.2 Å². The number of nitrogens with one attached hydrogen (secondary N) is 1. The van der Waals surface area contributed by atoms with Crippen molar-refractivity contribution in [3.8, 4) is 5.75 Å². The summed E-state index contributed by atoms with van der Waals surface area (Å²) in [6.45, 7) is 4.98. The van der Waals surface area contributed by atoms with Gasteiger partial charge in [-0.25, -0.2) is 0 Å². The van der Waals surface area contributed by atoms with Crippen LogP contribution >= 0.6 is 11.6 Å². The number of halogens is 1. The first-order chi connectivity index (χ1) is 9.06. The summed E-state index contributed by atoms with van der Waals surface area (Å²) in [4.78, 5) is 0. The zero-order valence-corrected chi connectivity index (χ0v) is 12.3. The molecule has 0 bridgehead atoms. The number of aryl methyl sites for hydroxylation is 1. The third kappa shape index (κ3) is 4.68. The van der Waals surface area contributed by atoms with Crippen molar-refractivity contribution >= 4 is 11.6 Å². The van der Waals surface area contributed by atoms with E-state index in [0.717, 1.165) is 22.3 Å².